The molecule has 2 N–H and O–H groups in total. The van der Waals surface area contributed by atoms with E-state index in [-0.39, 0.29) is 11.3 Å². The lowest BCUT2D eigenvalue weighted by molar-refractivity contribution is -0.123. The van der Waals surface area contributed by atoms with Crippen LogP contribution in [0.5, 0.6) is 0 Å². The van der Waals surface area contributed by atoms with Crippen molar-refractivity contribution in [3.63, 3.8) is 0 Å². The summed E-state index contributed by atoms with van der Waals surface area (Å²) in [6.07, 6.45) is 2.00. The zero-order valence-corrected chi connectivity index (χ0v) is 12.4. The van der Waals surface area contributed by atoms with Crippen LogP contribution in [0.3, 0.4) is 0 Å². The Bertz CT molecular complexity index is 263. The maximum absolute atomic E-state index is 11.8. The molecule has 0 spiro atoms. The van der Waals surface area contributed by atoms with Gasteiger partial charge in [0, 0.05) is 19.5 Å². The van der Waals surface area contributed by atoms with E-state index in [9.17, 15) is 9.59 Å². The first-order valence-corrected chi connectivity index (χ1v) is 6.72. The molecular weight excluding hydrogens is 228 g/mol. The molecule has 0 aliphatic heterocycles. The van der Waals surface area contributed by atoms with E-state index in [1.807, 2.05) is 13.8 Å². The predicted molar refractivity (Wildman–Crippen MR) is 74.1 cm³/mol. The Hall–Kier alpha value is -1.06. The van der Waals surface area contributed by atoms with Crippen molar-refractivity contribution < 1.29 is 9.59 Å². The van der Waals surface area contributed by atoms with Gasteiger partial charge in [0.2, 0.25) is 12.3 Å². The fourth-order valence-corrected chi connectivity index (χ4v) is 1.57. The molecule has 1 atom stereocenters. The van der Waals surface area contributed by atoms with Crippen LogP contribution in [0.25, 0.3) is 0 Å². The number of amides is 2. The van der Waals surface area contributed by atoms with Crippen molar-refractivity contribution >= 4 is 12.3 Å². The van der Waals surface area contributed by atoms with E-state index in [1.54, 1.807) is 0 Å². The molecule has 0 rings (SSSR count). The highest BCUT2D eigenvalue weighted by Gasteiger charge is 2.21. The third kappa shape index (κ3) is 8.09. The molecule has 1 unspecified atom stereocenters. The molecule has 0 saturated heterocycles. The highest BCUT2D eigenvalue weighted by Crippen LogP contribution is 2.24. The molecule has 0 saturated carbocycles. The van der Waals surface area contributed by atoms with Gasteiger partial charge in [0.15, 0.2) is 0 Å². The summed E-state index contributed by atoms with van der Waals surface area (Å²) in [5.74, 6) is 1.17. The van der Waals surface area contributed by atoms with Crippen LogP contribution in [-0.4, -0.2) is 25.4 Å². The maximum Gasteiger partial charge on any atom is 0.220 e. The van der Waals surface area contributed by atoms with Gasteiger partial charge in [-0.1, -0.05) is 34.6 Å². The van der Waals surface area contributed by atoms with Crippen molar-refractivity contribution in [3.8, 4) is 0 Å². The first-order valence-electron chi connectivity index (χ1n) is 6.72. The number of nitrogens with one attached hydrogen (secondary N) is 2. The highest BCUT2D eigenvalue weighted by molar-refractivity contribution is 5.76. The summed E-state index contributed by atoms with van der Waals surface area (Å²) in [5, 5.41) is 5.61. The molecule has 0 aromatic carbocycles. The minimum Gasteiger partial charge on any atom is -0.359 e. The lowest BCUT2D eigenvalue weighted by atomic mass is 9.85. The van der Waals surface area contributed by atoms with Crippen LogP contribution >= 0.6 is 0 Å². The zero-order valence-electron chi connectivity index (χ0n) is 12.4. The molecule has 106 valence electrons. The van der Waals surface area contributed by atoms with Crippen LogP contribution in [0.4, 0.5) is 0 Å². The smallest absolute Gasteiger partial charge is 0.220 e. The minimum absolute atomic E-state index is 0.0822. The summed E-state index contributed by atoms with van der Waals surface area (Å²) in [5.41, 5.74) is -0.0822. The summed E-state index contributed by atoms with van der Waals surface area (Å²) < 4.78 is 0. The predicted octanol–water partition coefficient (Wildman–Crippen LogP) is 1.95. The Morgan fingerprint density at radius 3 is 2.39 bits per heavy atom. The van der Waals surface area contributed by atoms with Crippen LogP contribution in [0.2, 0.25) is 0 Å². The maximum atomic E-state index is 11.8. The molecule has 0 radical (unpaired) electrons. The zero-order chi connectivity index (χ0) is 14.2. The molecule has 0 aromatic rings. The van der Waals surface area contributed by atoms with Crippen LogP contribution in [0, 0.1) is 17.3 Å². The average molecular weight is 256 g/mol. The molecule has 0 heterocycles. The van der Waals surface area contributed by atoms with E-state index < -0.39 is 0 Å². The van der Waals surface area contributed by atoms with E-state index in [0.717, 1.165) is 13.0 Å². The van der Waals surface area contributed by atoms with E-state index in [4.69, 9.17) is 0 Å². The second kappa shape index (κ2) is 8.11. The van der Waals surface area contributed by atoms with Crippen LogP contribution in [-0.2, 0) is 9.59 Å². The molecule has 0 aliphatic rings. The molecule has 4 heteroatoms. The monoisotopic (exact) mass is 256 g/mol. The van der Waals surface area contributed by atoms with Gasteiger partial charge in [0.05, 0.1) is 0 Å². The SMILES string of the molecule is CC(C)C(C)CNC(=O)CC(C)(C)CCNC=O. The van der Waals surface area contributed by atoms with Gasteiger partial charge in [-0.3, -0.25) is 9.59 Å². The Morgan fingerprint density at radius 2 is 1.89 bits per heavy atom. The van der Waals surface area contributed by atoms with Gasteiger partial charge in [0.25, 0.3) is 0 Å². The van der Waals surface area contributed by atoms with Crippen LogP contribution in [0.15, 0.2) is 0 Å². The van der Waals surface area contributed by atoms with Crippen molar-refractivity contribution in [1.82, 2.24) is 10.6 Å². The van der Waals surface area contributed by atoms with Gasteiger partial charge in [-0.25, -0.2) is 0 Å². The first kappa shape index (κ1) is 16.9. The standard InChI is InChI=1S/C14H28N2O2/c1-11(2)12(3)9-16-13(18)8-14(4,5)6-7-15-10-17/h10-12H,6-9H2,1-5H3,(H,15,17)(H,16,18). The molecular formula is C14H28N2O2. The van der Waals surface area contributed by atoms with E-state index in [2.05, 4.69) is 31.4 Å². The number of carbonyl (C=O) groups is 2. The molecule has 18 heavy (non-hydrogen) atoms. The van der Waals surface area contributed by atoms with Crippen molar-refractivity contribution in [2.24, 2.45) is 17.3 Å². The van der Waals surface area contributed by atoms with Crippen molar-refractivity contribution in [2.45, 2.75) is 47.5 Å². The summed E-state index contributed by atoms with van der Waals surface area (Å²) in [6.45, 7) is 11.9. The topological polar surface area (TPSA) is 58.2 Å². The highest BCUT2D eigenvalue weighted by atomic mass is 16.1. The third-order valence-electron chi connectivity index (χ3n) is 3.43. The van der Waals surface area contributed by atoms with Gasteiger partial charge < -0.3 is 10.6 Å². The van der Waals surface area contributed by atoms with Gasteiger partial charge in [0.1, 0.15) is 0 Å². The lowest BCUT2D eigenvalue weighted by Crippen LogP contribution is -2.34. The summed E-state index contributed by atoms with van der Waals surface area (Å²) >= 11 is 0. The second-order valence-corrected chi connectivity index (χ2v) is 6.19. The van der Waals surface area contributed by atoms with Crippen molar-refractivity contribution in [2.75, 3.05) is 13.1 Å². The van der Waals surface area contributed by atoms with Crippen molar-refractivity contribution in [1.29, 1.82) is 0 Å². The second-order valence-electron chi connectivity index (χ2n) is 6.19. The molecule has 0 aliphatic carbocycles. The van der Waals surface area contributed by atoms with Gasteiger partial charge >= 0.3 is 0 Å². The Kier molecular flexibility index (Phi) is 7.64. The summed E-state index contributed by atoms with van der Waals surface area (Å²) in [4.78, 5) is 22.0. The van der Waals surface area contributed by atoms with E-state index in [1.165, 1.54) is 0 Å². The first-order chi connectivity index (χ1) is 8.28. The average Bonchev–Trinajstić information content (AvgIpc) is 2.25. The normalized spacial score (nSPS) is 13.2. The summed E-state index contributed by atoms with van der Waals surface area (Å²) in [6, 6.07) is 0. The number of hydrogen-bond donors (Lipinski definition) is 2. The van der Waals surface area contributed by atoms with Crippen molar-refractivity contribution in [3.05, 3.63) is 0 Å². The minimum atomic E-state index is -0.0822. The Morgan fingerprint density at radius 1 is 1.28 bits per heavy atom. The van der Waals surface area contributed by atoms with E-state index >= 15 is 0 Å². The van der Waals surface area contributed by atoms with Crippen LogP contribution in [0.1, 0.15) is 47.5 Å². The Balaban J connectivity index is 3.94. The molecule has 0 aromatic heterocycles. The Labute approximate surface area is 111 Å². The number of hydrogen-bond acceptors (Lipinski definition) is 2. The molecule has 0 fully saturated rings. The largest absolute Gasteiger partial charge is 0.359 e. The quantitative estimate of drug-likeness (QED) is 0.489. The fourth-order valence-electron chi connectivity index (χ4n) is 1.57. The number of carbonyl (C=O) groups excluding carboxylic acids is 2. The molecule has 2 amide bonds. The lowest BCUT2D eigenvalue weighted by Gasteiger charge is -2.24. The molecule has 0 bridgehead atoms. The summed E-state index contributed by atoms with van der Waals surface area (Å²) in [7, 11) is 0. The van der Waals surface area contributed by atoms with E-state index in [0.29, 0.717) is 31.2 Å². The van der Waals surface area contributed by atoms with Gasteiger partial charge in [-0.15, -0.1) is 0 Å². The number of rotatable bonds is 9. The third-order valence-corrected chi connectivity index (χ3v) is 3.43. The van der Waals surface area contributed by atoms with Crippen LogP contribution < -0.4 is 10.6 Å². The molecule has 4 nitrogen and oxygen atoms in total. The van der Waals surface area contributed by atoms with Gasteiger partial charge in [-0.05, 0) is 23.7 Å². The van der Waals surface area contributed by atoms with Gasteiger partial charge in [-0.2, -0.15) is 0 Å². The fraction of sp³-hybridized carbons (Fsp3) is 0.857.